The van der Waals surface area contributed by atoms with Crippen molar-refractivity contribution in [2.24, 2.45) is 0 Å². The maximum absolute atomic E-state index is 12.2. The van der Waals surface area contributed by atoms with Gasteiger partial charge in [-0.2, -0.15) is 13.2 Å². The summed E-state index contributed by atoms with van der Waals surface area (Å²) < 4.78 is 41.2. The molecule has 0 fully saturated rings. The number of fused-ring (bicyclic) bond motifs is 1. The predicted octanol–water partition coefficient (Wildman–Crippen LogP) is 4.99. The molecule has 0 amide bonds. The molecule has 0 bridgehead atoms. The van der Waals surface area contributed by atoms with Gasteiger partial charge in [0.05, 0.1) is 16.7 Å². The number of rotatable bonds is 5. The van der Waals surface area contributed by atoms with Crippen LogP contribution in [0.25, 0.3) is 11.0 Å². The van der Waals surface area contributed by atoms with Crippen molar-refractivity contribution in [3.8, 4) is 5.75 Å². The topological polar surface area (TPSA) is 50.8 Å². The number of ether oxygens (including phenoxy) is 1. The number of thioether (sulfide) groups is 1. The fourth-order valence-electron chi connectivity index (χ4n) is 1.93. The summed E-state index contributed by atoms with van der Waals surface area (Å²) in [7, 11) is 0. The molecule has 4 nitrogen and oxygen atoms in total. The first-order valence-corrected chi connectivity index (χ1v) is 8.20. The van der Waals surface area contributed by atoms with Crippen LogP contribution in [0.2, 0.25) is 0 Å². The van der Waals surface area contributed by atoms with Crippen molar-refractivity contribution in [1.29, 1.82) is 0 Å². The van der Waals surface area contributed by atoms with Crippen molar-refractivity contribution >= 4 is 22.8 Å². The first-order valence-electron chi connectivity index (χ1n) is 7.22. The van der Waals surface area contributed by atoms with Gasteiger partial charge in [0.15, 0.2) is 11.8 Å². The monoisotopic (exact) mass is 367 g/mol. The molecule has 3 rings (SSSR count). The second-order valence-electron chi connectivity index (χ2n) is 4.73. The molecule has 2 aromatic heterocycles. The predicted molar refractivity (Wildman–Crippen MR) is 92.7 cm³/mol. The fraction of sp³-hybridized carbons (Fsp3) is 0.176. The van der Waals surface area contributed by atoms with Crippen LogP contribution in [0.15, 0.2) is 60.9 Å². The summed E-state index contributed by atoms with van der Waals surface area (Å²) in [6, 6.07) is 10.6. The third kappa shape index (κ3) is 5.82. The highest BCUT2D eigenvalue weighted by Gasteiger charge is 2.28. The summed E-state index contributed by atoms with van der Waals surface area (Å²) in [6.45, 7) is 4.69. The number of imidazole rings is 1. The number of H-pyrrole nitrogens is 1. The molecule has 0 spiro atoms. The van der Waals surface area contributed by atoms with Gasteiger partial charge in [-0.3, -0.25) is 4.98 Å². The van der Waals surface area contributed by atoms with Crippen LogP contribution in [0, 0.1) is 0 Å². The standard InChI is InChI=1S/C15H12F3N3OS.C2H4/c16-15(17,18)9-22-11-5-6-19-10(7-11)8-23-14-20-12-3-1-2-4-13(12)21-14;1-2/h1-7H,8-9H2,(H,20,21);1-2H2. The second-order valence-corrected chi connectivity index (χ2v) is 5.70. The average molecular weight is 367 g/mol. The number of nitrogens with zero attached hydrogens (tertiary/aromatic N) is 2. The van der Waals surface area contributed by atoms with E-state index in [2.05, 4.69) is 28.1 Å². The zero-order valence-corrected chi connectivity index (χ0v) is 14.0. The van der Waals surface area contributed by atoms with Gasteiger partial charge in [0, 0.05) is 18.0 Å². The van der Waals surface area contributed by atoms with Gasteiger partial charge in [0.2, 0.25) is 0 Å². The number of para-hydroxylation sites is 2. The lowest BCUT2D eigenvalue weighted by Gasteiger charge is -2.09. The van der Waals surface area contributed by atoms with E-state index in [1.807, 2.05) is 24.3 Å². The molecule has 3 aromatic rings. The third-order valence-corrected chi connectivity index (χ3v) is 3.82. The Morgan fingerprint density at radius 3 is 2.64 bits per heavy atom. The Morgan fingerprint density at radius 2 is 1.92 bits per heavy atom. The van der Waals surface area contributed by atoms with E-state index in [1.54, 1.807) is 0 Å². The van der Waals surface area contributed by atoms with Crippen LogP contribution in [0.5, 0.6) is 5.75 Å². The van der Waals surface area contributed by atoms with Crippen molar-refractivity contribution in [2.75, 3.05) is 6.61 Å². The van der Waals surface area contributed by atoms with Gasteiger partial charge in [0.1, 0.15) is 5.75 Å². The molecule has 0 saturated carbocycles. The lowest BCUT2D eigenvalue weighted by Crippen LogP contribution is -2.19. The number of benzene rings is 1. The Balaban J connectivity index is 0.00000109. The summed E-state index contributed by atoms with van der Waals surface area (Å²) in [4.78, 5) is 11.7. The smallest absolute Gasteiger partial charge is 0.422 e. The minimum Gasteiger partial charge on any atom is -0.484 e. The van der Waals surface area contributed by atoms with Crippen molar-refractivity contribution in [3.63, 3.8) is 0 Å². The van der Waals surface area contributed by atoms with Crippen molar-refractivity contribution in [1.82, 2.24) is 15.0 Å². The van der Waals surface area contributed by atoms with Crippen molar-refractivity contribution in [2.45, 2.75) is 17.1 Å². The SMILES string of the molecule is C=C.FC(F)(F)COc1ccnc(CSc2nc3ccccc3[nH]2)c1. The molecular weight excluding hydrogens is 351 g/mol. The van der Waals surface area contributed by atoms with E-state index < -0.39 is 12.8 Å². The Bertz CT molecular complexity index is 787. The molecule has 0 aliphatic rings. The molecule has 132 valence electrons. The molecule has 0 atom stereocenters. The van der Waals surface area contributed by atoms with Gasteiger partial charge in [-0.15, -0.1) is 13.2 Å². The van der Waals surface area contributed by atoms with Crippen LogP contribution in [0.1, 0.15) is 5.69 Å². The Labute approximate surface area is 147 Å². The maximum Gasteiger partial charge on any atom is 0.422 e. The molecule has 2 heterocycles. The van der Waals surface area contributed by atoms with Gasteiger partial charge >= 0.3 is 6.18 Å². The van der Waals surface area contributed by atoms with Gasteiger partial charge in [-0.25, -0.2) is 4.98 Å². The molecule has 1 aromatic carbocycles. The zero-order valence-electron chi connectivity index (χ0n) is 13.2. The van der Waals surface area contributed by atoms with Gasteiger partial charge in [-0.1, -0.05) is 23.9 Å². The van der Waals surface area contributed by atoms with Gasteiger partial charge in [0.25, 0.3) is 0 Å². The maximum atomic E-state index is 12.2. The average Bonchev–Trinajstić information content (AvgIpc) is 3.03. The molecule has 0 unspecified atom stereocenters. The van der Waals surface area contributed by atoms with E-state index in [0.717, 1.165) is 16.2 Å². The summed E-state index contributed by atoms with van der Waals surface area (Å²) in [6.07, 6.45) is -2.92. The van der Waals surface area contributed by atoms with E-state index in [4.69, 9.17) is 4.74 Å². The quantitative estimate of drug-likeness (QED) is 0.510. The first-order chi connectivity index (χ1) is 12.0. The number of halogens is 3. The molecule has 0 saturated heterocycles. The molecule has 0 radical (unpaired) electrons. The lowest BCUT2D eigenvalue weighted by molar-refractivity contribution is -0.153. The normalized spacial score (nSPS) is 11.0. The summed E-state index contributed by atoms with van der Waals surface area (Å²) in [5.41, 5.74) is 2.42. The van der Waals surface area contributed by atoms with Crippen LogP contribution in [-0.4, -0.2) is 27.7 Å². The van der Waals surface area contributed by atoms with Crippen molar-refractivity contribution < 1.29 is 17.9 Å². The van der Waals surface area contributed by atoms with E-state index in [0.29, 0.717) is 11.4 Å². The minimum absolute atomic E-state index is 0.150. The molecule has 0 aliphatic heterocycles. The van der Waals surface area contributed by atoms with Gasteiger partial charge in [-0.05, 0) is 18.2 Å². The summed E-state index contributed by atoms with van der Waals surface area (Å²) in [5, 5.41) is 0.731. The molecule has 8 heteroatoms. The largest absolute Gasteiger partial charge is 0.484 e. The number of aromatic nitrogens is 3. The number of nitrogens with one attached hydrogen (secondary N) is 1. The summed E-state index contributed by atoms with van der Waals surface area (Å²) in [5.74, 6) is 0.626. The first kappa shape index (κ1) is 18.9. The Hall–Kier alpha value is -2.48. The highest BCUT2D eigenvalue weighted by atomic mass is 32.2. The van der Waals surface area contributed by atoms with Crippen LogP contribution in [0.3, 0.4) is 0 Å². The second kappa shape index (κ2) is 8.57. The number of pyridine rings is 1. The highest BCUT2D eigenvalue weighted by molar-refractivity contribution is 7.98. The Morgan fingerprint density at radius 1 is 1.16 bits per heavy atom. The Kier molecular flexibility index (Phi) is 6.46. The zero-order chi connectivity index (χ0) is 18.3. The number of aromatic amines is 1. The van der Waals surface area contributed by atoms with Crippen molar-refractivity contribution in [3.05, 3.63) is 61.4 Å². The van der Waals surface area contributed by atoms with E-state index in [1.165, 1.54) is 30.1 Å². The molecular formula is C17H16F3N3OS. The van der Waals surface area contributed by atoms with E-state index >= 15 is 0 Å². The fourth-order valence-corrected chi connectivity index (χ4v) is 2.72. The molecule has 25 heavy (non-hydrogen) atoms. The van der Waals surface area contributed by atoms with Crippen LogP contribution in [0.4, 0.5) is 13.2 Å². The third-order valence-electron chi connectivity index (χ3n) is 2.91. The van der Waals surface area contributed by atoms with Crippen LogP contribution >= 0.6 is 11.8 Å². The molecule has 0 aliphatic carbocycles. The van der Waals surface area contributed by atoms with Crippen LogP contribution < -0.4 is 4.74 Å². The van der Waals surface area contributed by atoms with E-state index in [9.17, 15) is 13.2 Å². The number of hydrogen-bond acceptors (Lipinski definition) is 4. The van der Waals surface area contributed by atoms with Gasteiger partial charge < -0.3 is 9.72 Å². The minimum atomic E-state index is -4.35. The number of hydrogen-bond donors (Lipinski definition) is 1. The lowest BCUT2D eigenvalue weighted by atomic mass is 10.3. The molecule has 1 N–H and O–H groups in total. The highest BCUT2D eigenvalue weighted by Crippen LogP contribution is 2.24. The summed E-state index contributed by atoms with van der Waals surface area (Å²) >= 11 is 1.42. The van der Waals surface area contributed by atoms with Crippen LogP contribution in [-0.2, 0) is 5.75 Å². The van der Waals surface area contributed by atoms with E-state index in [-0.39, 0.29) is 5.75 Å². The number of alkyl halides is 3.